The van der Waals surface area contributed by atoms with Crippen LogP contribution in [0.3, 0.4) is 0 Å². The normalized spacial score (nSPS) is 10.8. The van der Waals surface area contributed by atoms with Crippen LogP contribution in [-0.2, 0) is 6.54 Å². The molecule has 7 heteroatoms. The van der Waals surface area contributed by atoms with Crippen LogP contribution >= 0.6 is 11.3 Å². The van der Waals surface area contributed by atoms with E-state index in [-0.39, 0.29) is 12.1 Å². The molecule has 0 fully saturated rings. The molecular weight excluding hydrogens is 290 g/mol. The number of rotatable bonds is 4. The molecule has 0 aliphatic rings. The Kier molecular flexibility index (Phi) is 3.46. The van der Waals surface area contributed by atoms with Crippen molar-refractivity contribution in [3.05, 3.63) is 44.6 Å². The van der Waals surface area contributed by atoms with Crippen molar-refractivity contribution in [2.75, 3.05) is 0 Å². The maximum atomic E-state index is 12.5. The molecule has 0 unspecified atom stereocenters. The molecule has 21 heavy (non-hydrogen) atoms. The van der Waals surface area contributed by atoms with E-state index in [0.29, 0.717) is 34.4 Å². The molecule has 0 atom stereocenters. The summed E-state index contributed by atoms with van der Waals surface area (Å²) in [4.78, 5) is 27.7. The number of hydrogen-bond acceptors (Lipinski definition) is 5. The van der Waals surface area contributed by atoms with Gasteiger partial charge in [-0.25, -0.2) is 4.79 Å². The van der Waals surface area contributed by atoms with Crippen molar-refractivity contribution >= 4 is 21.6 Å². The van der Waals surface area contributed by atoms with Gasteiger partial charge < -0.3 is 4.42 Å². The van der Waals surface area contributed by atoms with E-state index in [1.165, 1.54) is 17.6 Å². The van der Waals surface area contributed by atoms with Gasteiger partial charge >= 0.3 is 5.69 Å². The fourth-order valence-electron chi connectivity index (χ4n) is 2.19. The van der Waals surface area contributed by atoms with E-state index >= 15 is 0 Å². The third-order valence-corrected chi connectivity index (χ3v) is 4.07. The molecule has 6 nitrogen and oxygen atoms in total. The molecule has 106 valence electrons. The standard InChI is InChI=1S/C14H11N3O3S/c15-5-1-2-6-17-13(18)11-9(10-4-3-7-20-10)8-21-12(11)16-14(17)19/h3-4,7-8H,1-2,6H2,(H,16,19). The van der Waals surface area contributed by atoms with Crippen molar-refractivity contribution in [2.45, 2.75) is 19.4 Å². The molecule has 3 aromatic heterocycles. The lowest BCUT2D eigenvalue weighted by Crippen LogP contribution is -2.34. The average molecular weight is 301 g/mol. The Hall–Kier alpha value is -2.59. The van der Waals surface area contributed by atoms with E-state index in [0.717, 1.165) is 4.57 Å². The third-order valence-electron chi connectivity index (χ3n) is 3.17. The van der Waals surface area contributed by atoms with Gasteiger partial charge in [0, 0.05) is 23.9 Å². The van der Waals surface area contributed by atoms with Crippen LogP contribution in [0.5, 0.6) is 0 Å². The molecule has 3 aromatic rings. The maximum absolute atomic E-state index is 12.5. The van der Waals surface area contributed by atoms with Crippen LogP contribution in [0.15, 0.2) is 37.8 Å². The number of hydrogen-bond donors (Lipinski definition) is 1. The lowest BCUT2D eigenvalue weighted by atomic mass is 10.2. The van der Waals surface area contributed by atoms with Crippen molar-refractivity contribution in [3.8, 4) is 17.4 Å². The van der Waals surface area contributed by atoms with Gasteiger partial charge in [0.1, 0.15) is 10.6 Å². The Bertz CT molecular complexity index is 925. The molecule has 1 N–H and O–H groups in total. The smallest absolute Gasteiger partial charge is 0.329 e. The number of aromatic amines is 1. The molecule has 0 saturated carbocycles. The quantitative estimate of drug-likeness (QED) is 0.748. The Morgan fingerprint density at radius 2 is 2.29 bits per heavy atom. The monoisotopic (exact) mass is 301 g/mol. The second-order valence-electron chi connectivity index (χ2n) is 4.48. The predicted molar refractivity (Wildman–Crippen MR) is 79.3 cm³/mol. The van der Waals surface area contributed by atoms with Crippen LogP contribution in [0.4, 0.5) is 0 Å². The van der Waals surface area contributed by atoms with Crippen LogP contribution in [0.2, 0.25) is 0 Å². The summed E-state index contributed by atoms with van der Waals surface area (Å²) in [6.45, 7) is 0.227. The number of unbranched alkanes of at least 4 members (excludes halogenated alkanes) is 1. The largest absolute Gasteiger partial charge is 0.464 e. The van der Waals surface area contributed by atoms with Gasteiger partial charge in [-0.1, -0.05) is 0 Å². The summed E-state index contributed by atoms with van der Waals surface area (Å²) in [6.07, 6.45) is 2.31. The first-order valence-electron chi connectivity index (χ1n) is 6.37. The minimum Gasteiger partial charge on any atom is -0.464 e. The second kappa shape index (κ2) is 5.42. The topological polar surface area (TPSA) is 91.8 Å². The molecule has 0 saturated heterocycles. The summed E-state index contributed by atoms with van der Waals surface area (Å²) >= 11 is 1.30. The minimum absolute atomic E-state index is 0.227. The van der Waals surface area contributed by atoms with Gasteiger partial charge in [0.05, 0.1) is 17.7 Å². The summed E-state index contributed by atoms with van der Waals surface area (Å²) in [5.41, 5.74) is -0.118. The third kappa shape index (κ3) is 2.30. The predicted octanol–water partition coefficient (Wildman–Crippen LogP) is 2.32. The van der Waals surface area contributed by atoms with E-state index in [4.69, 9.17) is 9.68 Å². The number of aromatic nitrogens is 2. The zero-order chi connectivity index (χ0) is 14.8. The first-order valence-corrected chi connectivity index (χ1v) is 7.25. The van der Waals surface area contributed by atoms with E-state index < -0.39 is 5.69 Å². The number of nitriles is 1. The molecule has 3 heterocycles. The number of furan rings is 1. The van der Waals surface area contributed by atoms with Gasteiger partial charge in [-0.15, -0.1) is 11.3 Å². The molecule has 0 radical (unpaired) electrons. The Labute approximate surface area is 122 Å². The van der Waals surface area contributed by atoms with Crippen LogP contribution < -0.4 is 11.2 Å². The molecule has 0 aliphatic heterocycles. The Balaban J connectivity index is 2.18. The summed E-state index contributed by atoms with van der Waals surface area (Å²) in [6, 6.07) is 5.52. The Morgan fingerprint density at radius 3 is 3.00 bits per heavy atom. The van der Waals surface area contributed by atoms with E-state index in [9.17, 15) is 9.59 Å². The van der Waals surface area contributed by atoms with Crippen molar-refractivity contribution in [1.82, 2.24) is 9.55 Å². The van der Waals surface area contributed by atoms with Crippen LogP contribution in [-0.4, -0.2) is 9.55 Å². The van der Waals surface area contributed by atoms with Crippen LogP contribution in [0.25, 0.3) is 21.5 Å². The van der Waals surface area contributed by atoms with E-state index in [2.05, 4.69) is 4.98 Å². The van der Waals surface area contributed by atoms with Gasteiger partial charge in [0.25, 0.3) is 5.56 Å². The summed E-state index contributed by atoms with van der Waals surface area (Å²) in [5, 5.41) is 10.8. The van der Waals surface area contributed by atoms with Crippen molar-refractivity contribution in [2.24, 2.45) is 0 Å². The SMILES string of the molecule is N#CCCCn1c(=O)[nH]c2scc(-c3ccco3)c2c1=O. The number of nitrogens with one attached hydrogen (secondary N) is 1. The minimum atomic E-state index is -0.446. The zero-order valence-electron chi connectivity index (χ0n) is 11.0. The second-order valence-corrected chi connectivity index (χ2v) is 5.36. The van der Waals surface area contributed by atoms with Crippen LogP contribution in [0, 0.1) is 11.3 Å². The molecular formula is C14H11N3O3S. The average Bonchev–Trinajstić information content (AvgIpc) is 3.10. The van der Waals surface area contributed by atoms with Crippen molar-refractivity contribution in [3.63, 3.8) is 0 Å². The molecule has 0 aliphatic carbocycles. The highest BCUT2D eigenvalue weighted by atomic mass is 32.1. The van der Waals surface area contributed by atoms with Crippen LogP contribution in [0.1, 0.15) is 12.8 Å². The molecule has 0 aromatic carbocycles. The van der Waals surface area contributed by atoms with Gasteiger partial charge in [-0.3, -0.25) is 14.3 Å². The summed E-state index contributed by atoms with van der Waals surface area (Å²) < 4.78 is 6.47. The molecule has 3 rings (SSSR count). The molecule has 0 amide bonds. The highest BCUT2D eigenvalue weighted by Gasteiger charge is 2.16. The number of fused-ring (bicyclic) bond motifs is 1. The first kappa shape index (κ1) is 13.4. The fraction of sp³-hybridized carbons (Fsp3) is 0.214. The van der Waals surface area contributed by atoms with E-state index in [1.807, 2.05) is 6.07 Å². The van der Waals surface area contributed by atoms with Gasteiger partial charge in [0.15, 0.2) is 0 Å². The van der Waals surface area contributed by atoms with Gasteiger partial charge in [-0.05, 0) is 18.6 Å². The van der Waals surface area contributed by atoms with Crippen molar-refractivity contribution in [1.29, 1.82) is 5.26 Å². The summed E-state index contributed by atoms with van der Waals surface area (Å²) in [5.74, 6) is 0.592. The fourth-order valence-corrected chi connectivity index (χ4v) is 3.12. The number of H-pyrrole nitrogens is 1. The van der Waals surface area contributed by atoms with Gasteiger partial charge in [-0.2, -0.15) is 5.26 Å². The lowest BCUT2D eigenvalue weighted by molar-refractivity contribution is 0.582. The molecule has 0 spiro atoms. The Morgan fingerprint density at radius 1 is 1.43 bits per heavy atom. The first-order chi connectivity index (χ1) is 10.2. The zero-order valence-corrected chi connectivity index (χ0v) is 11.8. The summed E-state index contributed by atoms with van der Waals surface area (Å²) in [7, 11) is 0. The molecule has 0 bridgehead atoms. The van der Waals surface area contributed by atoms with Crippen molar-refractivity contribution < 1.29 is 4.42 Å². The maximum Gasteiger partial charge on any atom is 0.329 e. The van der Waals surface area contributed by atoms with Gasteiger partial charge in [0.2, 0.25) is 0 Å². The lowest BCUT2D eigenvalue weighted by Gasteiger charge is -2.03. The number of nitrogens with zero attached hydrogens (tertiary/aromatic N) is 2. The highest BCUT2D eigenvalue weighted by Crippen LogP contribution is 2.30. The van der Waals surface area contributed by atoms with E-state index in [1.54, 1.807) is 17.5 Å². The number of thiophene rings is 1. The highest BCUT2D eigenvalue weighted by molar-refractivity contribution is 7.17.